The second kappa shape index (κ2) is 6.33. The third kappa shape index (κ3) is 2.92. The molecule has 1 aliphatic rings. The lowest BCUT2D eigenvalue weighted by molar-refractivity contribution is 0.374. The second-order valence-electron chi connectivity index (χ2n) is 5.64. The molecule has 0 bridgehead atoms. The Morgan fingerprint density at radius 2 is 2.04 bits per heavy atom. The Morgan fingerprint density at radius 1 is 1.21 bits per heavy atom. The first-order valence-electron chi connectivity index (χ1n) is 7.66. The number of piperidine rings is 1. The van der Waals surface area contributed by atoms with Gasteiger partial charge in [-0.25, -0.2) is 9.37 Å². The van der Waals surface area contributed by atoms with Crippen LogP contribution in [0.1, 0.15) is 24.7 Å². The van der Waals surface area contributed by atoms with Crippen molar-refractivity contribution in [3.05, 3.63) is 41.2 Å². The van der Waals surface area contributed by atoms with Crippen LogP contribution in [0.5, 0.6) is 0 Å². The molecule has 0 aliphatic carbocycles. The lowest BCUT2D eigenvalue weighted by Gasteiger charge is -2.19. The molecule has 2 aromatic heterocycles. The Morgan fingerprint density at radius 3 is 2.83 bits per heavy atom. The number of nitrogens with one attached hydrogen (secondary N) is 1. The molecule has 6 nitrogen and oxygen atoms in total. The molecule has 24 heavy (non-hydrogen) atoms. The van der Waals surface area contributed by atoms with E-state index in [0.29, 0.717) is 23.1 Å². The van der Waals surface area contributed by atoms with Gasteiger partial charge in [0.15, 0.2) is 11.6 Å². The zero-order valence-corrected chi connectivity index (χ0v) is 13.4. The number of rotatable bonds is 3. The lowest BCUT2D eigenvalue weighted by atomic mass is 9.98. The van der Waals surface area contributed by atoms with Crippen LogP contribution in [0, 0.1) is 5.82 Å². The molecule has 1 aromatic carbocycles. The van der Waals surface area contributed by atoms with Crippen molar-refractivity contribution < 1.29 is 13.3 Å². The van der Waals surface area contributed by atoms with Crippen molar-refractivity contribution in [3.63, 3.8) is 0 Å². The van der Waals surface area contributed by atoms with Gasteiger partial charge in [-0.15, -0.1) is 0 Å². The molecular weight excluding hydrogens is 335 g/mol. The van der Waals surface area contributed by atoms with E-state index in [0.717, 1.165) is 25.9 Å². The van der Waals surface area contributed by atoms with Gasteiger partial charge in [0, 0.05) is 11.5 Å². The summed E-state index contributed by atoms with van der Waals surface area (Å²) in [5.74, 6) is 1.09. The van der Waals surface area contributed by atoms with Crippen LogP contribution < -0.4 is 5.32 Å². The number of halogens is 2. The van der Waals surface area contributed by atoms with Crippen LogP contribution in [0.3, 0.4) is 0 Å². The summed E-state index contributed by atoms with van der Waals surface area (Å²) in [4.78, 5) is 8.74. The largest absolute Gasteiger partial charge is 0.448 e. The molecule has 1 saturated heterocycles. The van der Waals surface area contributed by atoms with Gasteiger partial charge in [-0.05, 0) is 44.1 Å². The third-order valence-corrected chi connectivity index (χ3v) is 4.34. The average Bonchev–Trinajstić information content (AvgIpc) is 3.25. The molecule has 3 aromatic rings. The normalized spacial score (nSPS) is 15.8. The highest BCUT2D eigenvalue weighted by Crippen LogP contribution is 2.30. The zero-order valence-electron chi connectivity index (χ0n) is 12.6. The molecule has 0 saturated carbocycles. The minimum absolute atomic E-state index is 0.220. The predicted molar refractivity (Wildman–Crippen MR) is 85.0 cm³/mol. The number of oxazole rings is 1. The number of nitrogens with zero attached hydrogens (tertiary/aromatic N) is 3. The van der Waals surface area contributed by atoms with Crippen LogP contribution in [-0.4, -0.2) is 28.2 Å². The molecule has 1 fully saturated rings. The fraction of sp³-hybridized carbons (Fsp3) is 0.312. The highest BCUT2D eigenvalue weighted by Gasteiger charge is 2.22. The summed E-state index contributed by atoms with van der Waals surface area (Å²) < 4.78 is 24.0. The summed E-state index contributed by atoms with van der Waals surface area (Å²) >= 11 is 6.02. The summed E-state index contributed by atoms with van der Waals surface area (Å²) in [6, 6.07) is 4.01. The molecule has 0 atom stereocenters. The SMILES string of the molecule is Fc1ccc(-c2noc(-c3coc(C4CCNCC4)n3)n2)c(Cl)c1. The van der Waals surface area contributed by atoms with Gasteiger partial charge in [-0.1, -0.05) is 16.8 Å². The van der Waals surface area contributed by atoms with Gasteiger partial charge in [-0.2, -0.15) is 4.98 Å². The summed E-state index contributed by atoms with van der Waals surface area (Å²) in [7, 11) is 0. The molecule has 1 N–H and O–H groups in total. The van der Waals surface area contributed by atoms with E-state index in [1.165, 1.54) is 24.5 Å². The Hall–Kier alpha value is -2.25. The van der Waals surface area contributed by atoms with Crippen molar-refractivity contribution in [1.29, 1.82) is 0 Å². The van der Waals surface area contributed by atoms with E-state index in [2.05, 4.69) is 20.4 Å². The first-order valence-corrected chi connectivity index (χ1v) is 8.04. The Balaban J connectivity index is 1.59. The van der Waals surface area contributed by atoms with Gasteiger partial charge in [0.05, 0.1) is 5.02 Å². The van der Waals surface area contributed by atoms with E-state index >= 15 is 0 Å². The third-order valence-electron chi connectivity index (χ3n) is 4.03. The summed E-state index contributed by atoms with van der Waals surface area (Å²) in [5, 5.41) is 7.41. The molecule has 8 heteroatoms. The number of aromatic nitrogens is 3. The first kappa shape index (κ1) is 15.3. The van der Waals surface area contributed by atoms with Gasteiger partial charge in [0.25, 0.3) is 5.89 Å². The Bertz CT molecular complexity index is 857. The molecule has 0 unspecified atom stereocenters. The van der Waals surface area contributed by atoms with E-state index in [4.69, 9.17) is 20.5 Å². The zero-order chi connectivity index (χ0) is 16.5. The fourth-order valence-electron chi connectivity index (χ4n) is 2.75. The Labute approximate surface area is 142 Å². The molecule has 3 heterocycles. The van der Waals surface area contributed by atoms with Crippen LogP contribution in [0.25, 0.3) is 23.0 Å². The van der Waals surface area contributed by atoms with Crippen LogP contribution in [0.2, 0.25) is 5.02 Å². The summed E-state index contributed by atoms with van der Waals surface area (Å²) in [6.07, 6.45) is 3.49. The molecule has 0 spiro atoms. The van der Waals surface area contributed by atoms with Crippen molar-refractivity contribution in [2.45, 2.75) is 18.8 Å². The van der Waals surface area contributed by atoms with Crippen molar-refractivity contribution in [3.8, 4) is 23.0 Å². The van der Waals surface area contributed by atoms with Crippen LogP contribution >= 0.6 is 11.6 Å². The monoisotopic (exact) mass is 348 g/mol. The van der Waals surface area contributed by atoms with Gasteiger partial charge in [0.1, 0.15) is 12.1 Å². The first-order chi connectivity index (χ1) is 11.7. The summed E-state index contributed by atoms with van der Waals surface area (Å²) in [5.41, 5.74) is 0.982. The van der Waals surface area contributed by atoms with E-state index in [1.807, 2.05) is 0 Å². The maximum absolute atomic E-state index is 13.1. The standard InChI is InChI=1S/C16H14ClFN4O2/c17-12-7-10(18)1-2-11(12)14-21-16(24-22-14)13-8-23-15(20-13)9-3-5-19-6-4-9/h1-2,7-9,19H,3-6H2. The Kier molecular flexibility index (Phi) is 4.03. The second-order valence-corrected chi connectivity index (χ2v) is 6.05. The van der Waals surface area contributed by atoms with E-state index in [9.17, 15) is 4.39 Å². The van der Waals surface area contributed by atoms with Gasteiger partial charge in [0.2, 0.25) is 5.82 Å². The van der Waals surface area contributed by atoms with E-state index < -0.39 is 5.82 Å². The van der Waals surface area contributed by atoms with Gasteiger partial charge in [-0.3, -0.25) is 0 Å². The van der Waals surface area contributed by atoms with E-state index in [-0.39, 0.29) is 16.7 Å². The number of hydrogen-bond acceptors (Lipinski definition) is 6. The average molecular weight is 349 g/mol. The molecular formula is C16H14ClFN4O2. The van der Waals surface area contributed by atoms with Crippen molar-refractivity contribution in [2.24, 2.45) is 0 Å². The molecule has 124 valence electrons. The van der Waals surface area contributed by atoms with Gasteiger partial charge >= 0.3 is 0 Å². The minimum atomic E-state index is -0.421. The number of hydrogen-bond donors (Lipinski definition) is 1. The maximum Gasteiger partial charge on any atom is 0.280 e. The molecule has 0 amide bonds. The summed E-state index contributed by atoms with van der Waals surface area (Å²) in [6.45, 7) is 1.91. The quantitative estimate of drug-likeness (QED) is 0.778. The van der Waals surface area contributed by atoms with Gasteiger partial charge < -0.3 is 14.3 Å². The van der Waals surface area contributed by atoms with Crippen molar-refractivity contribution in [2.75, 3.05) is 13.1 Å². The molecule has 0 radical (unpaired) electrons. The minimum Gasteiger partial charge on any atom is -0.448 e. The van der Waals surface area contributed by atoms with Crippen molar-refractivity contribution >= 4 is 11.6 Å². The van der Waals surface area contributed by atoms with Crippen LogP contribution in [-0.2, 0) is 0 Å². The van der Waals surface area contributed by atoms with Crippen LogP contribution in [0.4, 0.5) is 4.39 Å². The highest BCUT2D eigenvalue weighted by atomic mass is 35.5. The maximum atomic E-state index is 13.1. The predicted octanol–water partition coefficient (Wildman–Crippen LogP) is 3.65. The fourth-order valence-corrected chi connectivity index (χ4v) is 3.00. The lowest BCUT2D eigenvalue weighted by Crippen LogP contribution is -2.26. The molecule has 1 aliphatic heterocycles. The smallest absolute Gasteiger partial charge is 0.280 e. The molecule has 4 rings (SSSR count). The van der Waals surface area contributed by atoms with Crippen LogP contribution in [0.15, 0.2) is 33.4 Å². The van der Waals surface area contributed by atoms with E-state index in [1.54, 1.807) is 0 Å². The van der Waals surface area contributed by atoms with Crippen molar-refractivity contribution in [1.82, 2.24) is 20.4 Å². The topological polar surface area (TPSA) is 77.0 Å². The highest BCUT2D eigenvalue weighted by molar-refractivity contribution is 6.33. The number of benzene rings is 1.